The number of benzene rings is 1. The van der Waals surface area contributed by atoms with Crippen molar-refractivity contribution >= 4 is 5.91 Å². The molecule has 1 fully saturated rings. The Kier molecular flexibility index (Phi) is 5.16. The highest BCUT2D eigenvalue weighted by atomic mass is 16.5. The SMILES string of the molecule is C.COc1ccc(C(=O)N2CCC(N)CC2)cc1. The van der Waals surface area contributed by atoms with Gasteiger partial charge in [-0.1, -0.05) is 7.43 Å². The lowest BCUT2D eigenvalue weighted by Crippen LogP contribution is -2.42. The summed E-state index contributed by atoms with van der Waals surface area (Å²) in [6.07, 6.45) is 1.78. The molecule has 4 nitrogen and oxygen atoms in total. The summed E-state index contributed by atoms with van der Waals surface area (Å²) in [5, 5.41) is 0. The summed E-state index contributed by atoms with van der Waals surface area (Å²) >= 11 is 0. The van der Waals surface area contributed by atoms with Crippen LogP contribution >= 0.6 is 0 Å². The molecule has 4 heteroatoms. The number of hydrogen-bond donors (Lipinski definition) is 1. The number of ether oxygens (including phenoxy) is 1. The van der Waals surface area contributed by atoms with Crippen molar-refractivity contribution in [1.29, 1.82) is 0 Å². The van der Waals surface area contributed by atoms with Crippen molar-refractivity contribution in [2.75, 3.05) is 20.2 Å². The highest BCUT2D eigenvalue weighted by Crippen LogP contribution is 2.15. The zero-order chi connectivity index (χ0) is 12.3. The summed E-state index contributed by atoms with van der Waals surface area (Å²) < 4.78 is 5.07. The highest BCUT2D eigenvalue weighted by molar-refractivity contribution is 5.94. The lowest BCUT2D eigenvalue weighted by atomic mass is 10.0. The minimum atomic E-state index is 0. The number of rotatable bonds is 2. The van der Waals surface area contributed by atoms with Crippen LogP contribution in [0.3, 0.4) is 0 Å². The molecule has 0 spiro atoms. The number of piperidine rings is 1. The second-order valence-corrected chi connectivity index (χ2v) is 4.36. The molecule has 1 saturated heterocycles. The minimum absolute atomic E-state index is 0. The normalized spacial score (nSPS) is 16.0. The Labute approximate surface area is 109 Å². The third-order valence-electron chi connectivity index (χ3n) is 3.16. The Morgan fingerprint density at radius 1 is 1.28 bits per heavy atom. The molecule has 1 amide bonds. The number of hydrogen-bond acceptors (Lipinski definition) is 3. The highest BCUT2D eigenvalue weighted by Gasteiger charge is 2.21. The Hall–Kier alpha value is -1.55. The van der Waals surface area contributed by atoms with E-state index in [0.717, 1.165) is 31.7 Å². The van der Waals surface area contributed by atoms with E-state index in [9.17, 15) is 4.79 Å². The van der Waals surface area contributed by atoms with E-state index in [1.165, 1.54) is 0 Å². The Bertz CT molecular complexity index is 381. The molecule has 0 bridgehead atoms. The largest absolute Gasteiger partial charge is 0.497 e. The quantitative estimate of drug-likeness (QED) is 0.872. The van der Waals surface area contributed by atoms with E-state index < -0.39 is 0 Å². The van der Waals surface area contributed by atoms with E-state index in [-0.39, 0.29) is 19.4 Å². The maximum atomic E-state index is 12.2. The molecule has 1 aliphatic heterocycles. The Morgan fingerprint density at radius 2 is 1.83 bits per heavy atom. The number of methoxy groups -OCH3 is 1. The summed E-state index contributed by atoms with van der Waals surface area (Å²) in [6.45, 7) is 1.51. The van der Waals surface area contributed by atoms with E-state index in [4.69, 9.17) is 10.5 Å². The molecule has 0 aliphatic carbocycles. The van der Waals surface area contributed by atoms with Gasteiger partial charge in [-0.3, -0.25) is 4.79 Å². The molecule has 18 heavy (non-hydrogen) atoms. The molecule has 1 heterocycles. The van der Waals surface area contributed by atoms with Gasteiger partial charge in [0.15, 0.2) is 0 Å². The maximum absolute atomic E-state index is 12.2. The van der Waals surface area contributed by atoms with Crippen LogP contribution in [0.15, 0.2) is 24.3 Å². The molecule has 0 aromatic heterocycles. The molecule has 1 aromatic carbocycles. The molecular weight excluding hydrogens is 228 g/mol. The smallest absolute Gasteiger partial charge is 0.253 e. The number of carbonyl (C=O) groups is 1. The van der Waals surface area contributed by atoms with Crippen LogP contribution in [0.1, 0.15) is 30.6 Å². The van der Waals surface area contributed by atoms with Gasteiger partial charge in [0.2, 0.25) is 0 Å². The van der Waals surface area contributed by atoms with Crippen molar-refractivity contribution in [3.8, 4) is 5.75 Å². The van der Waals surface area contributed by atoms with Crippen molar-refractivity contribution in [2.24, 2.45) is 5.73 Å². The maximum Gasteiger partial charge on any atom is 0.253 e. The van der Waals surface area contributed by atoms with Gasteiger partial charge in [-0.25, -0.2) is 0 Å². The molecule has 100 valence electrons. The predicted octanol–water partition coefficient (Wildman–Crippen LogP) is 1.89. The summed E-state index contributed by atoms with van der Waals surface area (Å²) in [7, 11) is 1.61. The monoisotopic (exact) mass is 250 g/mol. The third kappa shape index (κ3) is 3.23. The Balaban J connectivity index is 0.00000162. The second kappa shape index (κ2) is 6.40. The van der Waals surface area contributed by atoms with E-state index >= 15 is 0 Å². The van der Waals surface area contributed by atoms with E-state index in [1.54, 1.807) is 19.2 Å². The number of carbonyl (C=O) groups excluding carboxylic acids is 1. The average Bonchev–Trinajstić information content (AvgIpc) is 2.39. The number of nitrogens with two attached hydrogens (primary N) is 1. The van der Waals surface area contributed by atoms with Gasteiger partial charge in [-0.15, -0.1) is 0 Å². The van der Waals surface area contributed by atoms with Gasteiger partial charge in [0.05, 0.1) is 7.11 Å². The zero-order valence-corrected chi connectivity index (χ0v) is 10.1. The first-order valence-electron chi connectivity index (χ1n) is 5.89. The van der Waals surface area contributed by atoms with Crippen LogP contribution in [0.4, 0.5) is 0 Å². The summed E-state index contributed by atoms with van der Waals surface area (Å²) in [5.74, 6) is 0.849. The van der Waals surface area contributed by atoms with Gasteiger partial charge in [0, 0.05) is 24.7 Å². The van der Waals surface area contributed by atoms with Crippen molar-refractivity contribution in [3.05, 3.63) is 29.8 Å². The van der Waals surface area contributed by atoms with Gasteiger partial charge in [-0.05, 0) is 37.1 Å². The lowest BCUT2D eigenvalue weighted by Gasteiger charge is -2.30. The van der Waals surface area contributed by atoms with Gasteiger partial charge in [0.1, 0.15) is 5.75 Å². The fraction of sp³-hybridized carbons (Fsp3) is 0.500. The first kappa shape index (κ1) is 14.5. The number of likely N-dealkylation sites (tertiary alicyclic amines) is 1. The number of nitrogens with zero attached hydrogens (tertiary/aromatic N) is 1. The van der Waals surface area contributed by atoms with Crippen LogP contribution in [0.5, 0.6) is 5.75 Å². The molecule has 0 saturated carbocycles. The molecule has 2 N–H and O–H groups in total. The second-order valence-electron chi connectivity index (χ2n) is 4.36. The van der Waals surface area contributed by atoms with Gasteiger partial charge in [0.25, 0.3) is 5.91 Å². The fourth-order valence-electron chi connectivity index (χ4n) is 2.02. The zero-order valence-electron chi connectivity index (χ0n) is 10.1. The first-order chi connectivity index (χ1) is 8.20. The van der Waals surface area contributed by atoms with Crippen LogP contribution in [0, 0.1) is 0 Å². The molecule has 1 aliphatic rings. The molecule has 0 atom stereocenters. The standard InChI is InChI=1S/C13H18N2O2.CH4/c1-17-12-4-2-10(3-5-12)13(16)15-8-6-11(14)7-9-15;/h2-5,11H,6-9,14H2,1H3;1H4. The molecule has 1 aromatic rings. The topological polar surface area (TPSA) is 55.6 Å². The van der Waals surface area contributed by atoms with Crippen LogP contribution in [0.25, 0.3) is 0 Å². The molecule has 0 unspecified atom stereocenters. The summed E-state index contributed by atoms with van der Waals surface area (Å²) in [5.41, 5.74) is 6.53. The van der Waals surface area contributed by atoms with E-state index in [2.05, 4.69) is 0 Å². The van der Waals surface area contributed by atoms with Gasteiger partial charge < -0.3 is 15.4 Å². The summed E-state index contributed by atoms with van der Waals surface area (Å²) in [6, 6.07) is 7.46. The predicted molar refractivity (Wildman–Crippen MR) is 72.8 cm³/mol. The molecule has 0 radical (unpaired) electrons. The van der Waals surface area contributed by atoms with Crippen LogP contribution < -0.4 is 10.5 Å². The van der Waals surface area contributed by atoms with Gasteiger partial charge >= 0.3 is 0 Å². The Morgan fingerprint density at radius 3 is 2.33 bits per heavy atom. The minimum Gasteiger partial charge on any atom is -0.497 e. The number of amides is 1. The van der Waals surface area contributed by atoms with Crippen LogP contribution in [-0.2, 0) is 0 Å². The van der Waals surface area contributed by atoms with Gasteiger partial charge in [-0.2, -0.15) is 0 Å². The van der Waals surface area contributed by atoms with Crippen molar-refractivity contribution < 1.29 is 9.53 Å². The van der Waals surface area contributed by atoms with Crippen molar-refractivity contribution in [1.82, 2.24) is 4.90 Å². The summed E-state index contributed by atoms with van der Waals surface area (Å²) in [4.78, 5) is 14.0. The van der Waals surface area contributed by atoms with Crippen LogP contribution in [-0.4, -0.2) is 37.0 Å². The fourth-order valence-corrected chi connectivity index (χ4v) is 2.02. The van der Waals surface area contributed by atoms with Crippen molar-refractivity contribution in [3.63, 3.8) is 0 Å². The first-order valence-corrected chi connectivity index (χ1v) is 5.89. The third-order valence-corrected chi connectivity index (χ3v) is 3.16. The molecule has 2 rings (SSSR count). The molecular formula is C14H22N2O2. The van der Waals surface area contributed by atoms with E-state index in [0.29, 0.717) is 5.56 Å². The lowest BCUT2D eigenvalue weighted by molar-refractivity contribution is 0.0714. The average molecular weight is 250 g/mol. The van der Waals surface area contributed by atoms with Crippen LogP contribution in [0.2, 0.25) is 0 Å². The van der Waals surface area contributed by atoms with E-state index in [1.807, 2.05) is 17.0 Å². The van der Waals surface area contributed by atoms with Crippen molar-refractivity contribution in [2.45, 2.75) is 26.3 Å².